The van der Waals surface area contributed by atoms with Crippen LogP contribution in [0, 0.1) is 0 Å². The first-order chi connectivity index (χ1) is 10.0. The van der Waals surface area contributed by atoms with Gasteiger partial charge in [0.2, 0.25) is 17.7 Å². The molecule has 0 aromatic carbocycles. The van der Waals surface area contributed by atoms with E-state index in [1.807, 2.05) is 0 Å². The number of hydrogen-bond acceptors (Lipinski definition) is 3. The van der Waals surface area contributed by atoms with Crippen LogP contribution in [0.5, 0.6) is 0 Å². The fourth-order valence-electron chi connectivity index (χ4n) is 2.01. The Hall–Kier alpha value is -1.59. The van der Waals surface area contributed by atoms with E-state index in [2.05, 4.69) is 17.6 Å². The van der Waals surface area contributed by atoms with Crippen molar-refractivity contribution in [3.05, 3.63) is 0 Å². The van der Waals surface area contributed by atoms with Gasteiger partial charge in [-0.1, -0.05) is 32.6 Å². The number of likely N-dealkylation sites (N-methyl/N-ethyl adjacent to an activating group) is 1. The molecule has 0 spiro atoms. The Morgan fingerprint density at radius 3 is 2.24 bits per heavy atom. The maximum absolute atomic E-state index is 11.8. The van der Waals surface area contributed by atoms with Gasteiger partial charge in [-0.2, -0.15) is 0 Å². The van der Waals surface area contributed by atoms with Crippen molar-refractivity contribution in [3.63, 3.8) is 0 Å². The minimum absolute atomic E-state index is 0.0819. The van der Waals surface area contributed by atoms with Crippen molar-refractivity contribution in [1.29, 1.82) is 0 Å². The average molecular weight is 299 g/mol. The second-order valence-corrected chi connectivity index (χ2v) is 5.18. The number of unbranched alkanes of at least 4 members (excludes halogenated alkanes) is 4. The standard InChI is InChI=1S/C15H29N3O3/c1-3-5-6-7-8-9-14(20)18-12(10-11-13(16)19)15(21)17-4-2/h12H,3-11H2,1-2H3,(H2,16,19)(H,17,21)(H,18,20). The van der Waals surface area contributed by atoms with E-state index in [1.54, 1.807) is 6.92 Å². The topological polar surface area (TPSA) is 101 Å². The number of carbonyl (C=O) groups is 3. The van der Waals surface area contributed by atoms with Gasteiger partial charge in [0.1, 0.15) is 6.04 Å². The molecule has 0 radical (unpaired) electrons. The molecule has 3 amide bonds. The second kappa shape index (κ2) is 12.2. The van der Waals surface area contributed by atoms with Crippen LogP contribution in [0.4, 0.5) is 0 Å². The molecule has 4 N–H and O–H groups in total. The third-order valence-electron chi connectivity index (χ3n) is 3.19. The van der Waals surface area contributed by atoms with Gasteiger partial charge in [-0.05, 0) is 19.8 Å². The van der Waals surface area contributed by atoms with E-state index in [9.17, 15) is 14.4 Å². The lowest BCUT2D eigenvalue weighted by Gasteiger charge is -2.17. The van der Waals surface area contributed by atoms with Crippen LogP contribution in [0.15, 0.2) is 0 Å². The fourth-order valence-corrected chi connectivity index (χ4v) is 2.01. The number of carbonyl (C=O) groups excluding carboxylic acids is 3. The highest BCUT2D eigenvalue weighted by Gasteiger charge is 2.20. The molecule has 0 fully saturated rings. The van der Waals surface area contributed by atoms with E-state index in [0.717, 1.165) is 19.3 Å². The molecular formula is C15H29N3O3. The lowest BCUT2D eigenvalue weighted by atomic mass is 10.1. The zero-order valence-electron chi connectivity index (χ0n) is 13.2. The summed E-state index contributed by atoms with van der Waals surface area (Å²) in [7, 11) is 0. The number of hydrogen-bond donors (Lipinski definition) is 3. The number of nitrogens with two attached hydrogens (primary N) is 1. The summed E-state index contributed by atoms with van der Waals surface area (Å²) in [6, 6.07) is -0.680. The van der Waals surface area contributed by atoms with Crippen LogP contribution in [0.1, 0.15) is 65.2 Å². The van der Waals surface area contributed by atoms with Gasteiger partial charge in [-0.3, -0.25) is 14.4 Å². The highest BCUT2D eigenvalue weighted by Crippen LogP contribution is 2.05. The molecule has 0 saturated heterocycles. The van der Waals surface area contributed by atoms with Gasteiger partial charge in [0, 0.05) is 19.4 Å². The van der Waals surface area contributed by atoms with E-state index in [0.29, 0.717) is 13.0 Å². The third-order valence-corrected chi connectivity index (χ3v) is 3.19. The van der Waals surface area contributed by atoms with Gasteiger partial charge in [0.15, 0.2) is 0 Å². The number of rotatable bonds is 12. The summed E-state index contributed by atoms with van der Waals surface area (Å²) in [6.07, 6.45) is 6.06. The van der Waals surface area contributed by atoms with E-state index in [4.69, 9.17) is 5.73 Å². The molecule has 1 unspecified atom stereocenters. The van der Waals surface area contributed by atoms with E-state index in [1.165, 1.54) is 12.8 Å². The summed E-state index contributed by atoms with van der Waals surface area (Å²) in [6.45, 7) is 4.43. The summed E-state index contributed by atoms with van der Waals surface area (Å²) in [5.41, 5.74) is 5.09. The number of nitrogens with one attached hydrogen (secondary N) is 2. The molecule has 0 aliphatic heterocycles. The van der Waals surface area contributed by atoms with Gasteiger partial charge in [-0.25, -0.2) is 0 Å². The van der Waals surface area contributed by atoms with Crippen LogP contribution in [-0.2, 0) is 14.4 Å². The van der Waals surface area contributed by atoms with E-state index >= 15 is 0 Å². The predicted octanol–water partition coefficient (Wildman–Crippen LogP) is 1.23. The lowest BCUT2D eigenvalue weighted by molar-refractivity contribution is -0.129. The quantitative estimate of drug-likeness (QED) is 0.472. The van der Waals surface area contributed by atoms with Crippen molar-refractivity contribution in [2.75, 3.05) is 6.54 Å². The van der Waals surface area contributed by atoms with E-state index < -0.39 is 11.9 Å². The summed E-state index contributed by atoms with van der Waals surface area (Å²) < 4.78 is 0. The van der Waals surface area contributed by atoms with Gasteiger partial charge in [0.25, 0.3) is 0 Å². The predicted molar refractivity (Wildman–Crippen MR) is 82.4 cm³/mol. The Kier molecular flexibility index (Phi) is 11.3. The summed E-state index contributed by atoms with van der Waals surface area (Å²) in [5, 5.41) is 5.34. The van der Waals surface area contributed by atoms with Gasteiger partial charge in [-0.15, -0.1) is 0 Å². The highest BCUT2D eigenvalue weighted by molar-refractivity contribution is 5.88. The Morgan fingerprint density at radius 1 is 1.00 bits per heavy atom. The smallest absolute Gasteiger partial charge is 0.242 e. The second-order valence-electron chi connectivity index (χ2n) is 5.18. The molecule has 0 aromatic rings. The molecule has 0 heterocycles. The van der Waals surface area contributed by atoms with Crippen LogP contribution in [0.25, 0.3) is 0 Å². The van der Waals surface area contributed by atoms with Crippen molar-refractivity contribution < 1.29 is 14.4 Å². The van der Waals surface area contributed by atoms with Crippen molar-refractivity contribution in [2.45, 2.75) is 71.3 Å². The van der Waals surface area contributed by atoms with Gasteiger partial charge in [0.05, 0.1) is 0 Å². The van der Waals surface area contributed by atoms with Crippen LogP contribution in [0.3, 0.4) is 0 Å². The SMILES string of the molecule is CCCCCCCC(=O)NC(CCC(N)=O)C(=O)NCC. The molecule has 1 atom stereocenters. The maximum Gasteiger partial charge on any atom is 0.242 e. The minimum Gasteiger partial charge on any atom is -0.370 e. The molecule has 6 nitrogen and oxygen atoms in total. The third kappa shape index (κ3) is 10.8. The van der Waals surface area contributed by atoms with Crippen LogP contribution in [0.2, 0.25) is 0 Å². The summed E-state index contributed by atoms with van der Waals surface area (Å²) in [4.78, 5) is 34.5. The van der Waals surface area contributed by atoms with Crippen molar-refractivity contribution in [2.24, 2.45) is 5.73 Å². The Bertz CT molecular complexity index is 332. The molecule has 6 heteroatoms. The zero-order valence-corrected chi connectivity index (χ0v) is 13.2. The van der Waals surface area contributed by atoms with Crippen LogP contribution in [-0.4, -0.2) is 30.3 Å². The van der Waals surface area contributed by atoms with Crippen molar-refractivity contribution >= 4 is 17.7 Å². The van der Waals surface area contributed by atoms with E-state index in [-0.39, 0.29) is 24.7 Å². The molecule has 0 aromatic heterocycles. The molecule has 0 saturated carbocycles. The number of amides is 3. The normalized spacial score (nSPS) is 11.7. The van der Waals surface area contributed by atoms with Crippen LogP contribution >= 0.6 is 0 Å². The molecular weight excluding hydrogens is 270 g/mol. The minimum atomic E-state index is -0.680. The summed E-state index contributed by atoms with van der Waals surface area (Å²) >= 11 is 0. The number of primary amides is 1. The Labute approximate surface area is 127 Å². The van der Waals surface area contributed by atoms with Crippen molar-refractivity contribution in [3.8, 4) is 0 Å². The maximum atomic E-state index is 11.8. The fraction of sp³-hybridized carbons (Fsp3) is 0.800. The Morgan fingerprint density at radius 2 is 1.67 bits per heavy atom. The monoisotopic (exact) mass is 299 g/mol. The van der Waals surface area contributed by atoms with Crippen molar-refractivity contribution in [1.82, 2.24) is 10.6 Å². The molecule has 0 aliphatic rings. The Balaban J connectivity index is 4.15. The molecule has 21 heavy (non-hydrogen) atoms. The first-order valence-corrected chi connectivity index (χ1v) is 7.86. The lowest BCUT2D eigenvalue weighted by Crippen LogP contribution is -2.47. The average Bonchev–Trinajstić information content (AvgIpc) is 2.43. The van der Waals surface area contributed by atoms with Gasteiger partial charge >= 0.3 is 0 Å². The first kappa shape index (κ1) is 19.4. The molecule has 0 rings (SSSR count). The van der Waals surface area contributed by atoms with Crippen LogP contribution < -0.4 is 16.4 Å². The summed E-state index contributed by atoms with van der Waals surface area (Å²) in [5.74, 6) is -0.886. The molecule has 0 aliphatic carbocycles. The van der Waals surface area contributed by atoms with Gasteiger partial charge < -0.3 is 16.4 Å². The molecule has 0 bridgehead atoms. The molecule has 122 valence electrons. The zero-order chi connectivity index (χ0) is 16.1. The first-order valence-electron chi connectivity index (χ1n) is 7.86. The largest absolute Gasteiger partial charge is 0.370 e. The highest BCUT2D eigenvalue weighted by atomic mass is 16.2.